The molecule has 0 radical (unpaired) electrons. The Labute approximate surface area is 80.7 Å². The van der Waals surface area contributed by atoms with Crippen LogP contribution in [0.15, 0.2) is 5.03 Å². The van der Waals surface area contributed by atoms with E-state index in [0.29, 0.717) is 19.0 Å². The molecule has 0 aliphatic carbocycles. The Hall–Kier alpha value is -0.950. The standard InChI is InChI=1S/C7H9FN2O3S/c1-5-7(14(8,11)12)10-2-3-13-4-6(10)9-5/h2-4H2,1H3. The number of hydrogen-bond acceptors (Lipinski definition) is 4. The molecule has 0 saturated heterocycles. The summed E-state index contributed by atoms with van der Waals surface area (Å²) in [5, 5.41) is -0.337. The third kappa shape index (κ3) is 1.42. The molecule has 0 saturated carbocycles. The fraction of sp³-hybridized carbons (Fsp3) is 0.571. The first-order valence-corrected chi connectivity index (χ1v) is 5.47. The Balaban J connectivity index is 2.65. The highest BCUT2D eigenvalue weighted by Crippen LogP contribution is 2.21. The molecule has 5 nitrogen and oxygen atoms in total. The predicted molar refractivity (Wildman–Crippen MR) is 44.9 cm³/mol. The lowest BCUT2D eigenvalue weighted by molar-refractivity contribution is 0.0786. The fourth-order valence-corrected chi connectivity index (χ4v) is 2.44. The van der Waals surface area contributed by atoms with E-state index >= 15 is 0 Å². The Morgan fingerprint density at radius 2 is 2.29 bits per heavy atom. The van der Waals surface area contributed by atoms with Gasteiger partial charge in [0.1, 0.15) is 12.4 Å². The Morgan fingerprint density at radius 3 is 2.93 bits per heavy atom. The van der Waals surface area contributed by atoms with Crippen molar-refractivity contribution in [2.45, 2.75) is 25.1 Å². The molecule has 0 spiro atoms. The lowest BCUT2D eigenvalue weighted by atomic mass is 10.5. The molecule has 2 heterocycles. The number of hydrogen-bond donors (Lipinski definition) is 0. The zero-order valence-corrected chi connectivity index (χ0v) is 8.34. The molecular weight excluding hydrogens is 211 g/mol. The van der Waals surface area contributed by atoms with Crippen molar-refractivity contribution >= 4 is 10.2 Å². The summed E-state index contributed by atoms with van der Waals surface area (Å²) in [6.45, 7) is 2.41. The smallest absolute Gasteiger partial charge is 0.349 e. The number of nitrogens with zero attached hydrogens (tertiary/aromatic N) is 2. The van der Waals surface area contributed by atoms with Crippen LogP contribution < -0.4 is 0 Å². The molecule has 0 bridgehead atoms. The summed E-state index contributed by atoms with van der Waals surface area (Å²) in [7, 11) is -4.69. The topological polar surface area (TPSA) is 61.2 Å². The third-order valence-electron chi connectivity index (χ3n) is 2.08. The van der Waals surface area contributed by atoms with Gasteiger partial charge in [0.15, 0.2) is 5.03 Å². The Kier molecular flexibility index (Phi) is 2.07. The zero-order chi connectivity index (χ0) is 10.3. The molecule has 2 rings (SSSR count). The van der Waals surface area contributed by atoms with Gasteiger partial charge in [0.25, 0.3) is 0 Å². The average Bonchev–Trinajstić information content (AvgIpc) is 2.38. The van der Waals surface area contributed by atoms with Crippen LogP contribution in [0.1, 0.15) is 11.5 Å². The number of imidazole rings is 1. The van der Waals surface area contributed by atoms with E-state index in [4.69, 9.17) is 4.74 Å². The molecule has 0 fully saturated rings. The second-order valence-corrected chi connectivity index (χ2v) is 4.32. The van der Waals surface area contributed by atoms with Crippen LogP contribution in [0.5, 0.6) is 0 Å². The van der Waals surface area contributed by atoms with Crippen LogP contribution in [0, 0.1) is 6.92 Å². The maximum atomic E-state index is 12.9. The maximum absolute atomic E-state index is 12.9. The van der Waals surface area contributed by atoms with Crippen molar-refractivity contribution in [2.24, 2.45) is 0 Å². The maximum Gasteiger partial charge on any atom is 0.349 e. The van der Waals surface area contributed by atoms with Crippen LogP contribution in [0.4, 0.5) is 3.89 Å². The van der Waals surface area contributed by atoms with Gasteiger partial charge in [-0.25, -0.2) is 4.98 Å². The van der Waals surface area contributed by atoms with E-state index in [1.54, 1.807) is 0 Å². The Morgan fingerprint density at radius 1 is 1.57 bits per heavy atom. The summed E-state index contributed by atoms with van der Waals surface area (Å²) in [4.78, 5) is 3.94. The van der Waals surface area contributed by atoms with Gasteiger partial charge in [-0.15, -0.1) is 0 Å². The summed E-state index contributed by atoms with van der Waals surface area (Å²) in [5.74, 6) is 0.463. The number of rotatable bonds is 1. The van der Waals surface area contributed by atoms with E-state index in [0.717, 1.165) is 0 Å². The van der Waals surface area contributed by atoms with Gasteiger partial charge in [-0.1, -0.05) is 3.89 Å². The molecule has 14 heavy (non-hydrogen) atoms. The van der Waals surface area contributed by atoms with Gasteiger partial charge in [0.2, 0.25) is 0 Å². The second-order valence-electron chi connectivity index (χ2n) is 3.06. The predicted octanol–water partition coefficient (Wildman–Crippen LogP) is 0.380. The fourth-order valence-electron chi connectivity index (χ4n) is 1.58. The minimum atomic E-state index is -4.69. The number of fused-ring (bicyclic) bond motifs is 1. The van der Waals surface area contributed by atoms with Gasteiger partial charge >= 0.3 is 10.2 Å². The van der Waals surface area contributed by atoms with Crippen molar-refractivity contribution in [2.75, 3.05) is 6.61 Å². The monoisotopic (exact) mass is 220 g/mol. The summed E-state index contributed by atoms with van der Waals surface area (Å²) < 4.78 is 40.9. The van der Waals surface area contributed by atoms with Crippen LogP contribution in [0.25, 0.3) is 0 Å². The van der Waals surface area contributed by atoms with Crippen molar-refractivity contribution in [1.29, 1.82) is 0 Å². The van der Waals surface area contributed by atoms with Gasteiger partial charge in [0, 0.05) is 6.54 Å². The van der Waals surface area contributed by atoms with Gasteiger partial charge in [-0.2, -0.15) is 8.42 Å². The second kappa shape index (κ2) is 3.03. The quantitative estimate of drug-likeness (QED) is 0.642. The molecule has 1 aromatic heterocycles. The number of ether oxygens (including phenoxy) is 1. The Bertz CT molecular complexity index is 466. The first-order chi connectivity index (χ1) is 6.50. The van der Waals surface area contributed by atoms with Gasteiger partial charge in [0.05, 0.1) is 12.3 Å². The van der Waals surface area contributed by atoms with Crippen molar-refractivity contribution in [3.05, 3.63) is 11.5 Å². The first-order valence-electron chi connectivity index (χ1n) is 4.08. The molecular formula is C7H9FN2O3S. The highest BCUT2D eigenvalue weighted by molar-refractivity contribution is 7.86. The van der Waals surface area contributed by atoms with Crippen molar-refractivity contribution in [3.8, 4) is 0 Å². The van der Waals surface area contributed by atoms with E-state index in [2.05, 4.69) is 4.98 Å². The SMILES string of the molecule is Cc1nc2n(c1S(=O)(=O)F)CCOC2. The third-order valence-corrected chi connectivity index (χ3v) is 3.06. The number of aromatic nitrogens is 2. The summed E-state index contributed by atoms with van der Waals surface area (Å²) in [5.41, 5.74) is 0.188. The van der Waals surface area contributed by atoms with Crippen molar-refractivity contribution in [3.63, 3.8) is 0 Å². The molecule has 7 heteroatoms. The van der Waals surface area contributed by atoms with E-state index in [-0.39, 0.29) is 17.3 Å². The molecule has 78 valence electrons. The number of halogens is 1. The van der Waals surface area contributed by atoms with Gasteiger partial charge < -0.3 is 9.30 Å². The molecule has 1 aromatic rings. The van der Waals surface area contributed by atoms with Crippen LogP contribution in [-0.2, 0) is 28.1 Å². The van der Waals surface area contributed by atoms with Crippen molar-refractivity contribution in [1.82, 2.24) is 9.55 Å². The van der Waals surface area contributed by atoms with Gasteiger partial charge in [-0.05, 0) is 6.92 Å². The lowest BCUT2D eigenvalue weighted by Crippen LogP contribution is -2.19. The summed E-state index contributed by atoms with van der Waals surface area (Å²) >= 11 is 0. The van der Waals surface area contributed by atoms with Gasteiger partial charge in [-0.3, -0.25) is 0 Å². The van der Waals surface area contributed by atoms with E-state index < -0.39 is 10.2 Å². The largest absolute Gasteiger partial charge is 0.372 e. The normalized spacial score (nSPS) is 16.7. The summed E-state index contributed by atoms with van der Waals surface area (Å²) in [6.07, 6.45) is 0. The zero-order valence-electron chi connectivity index (χ0n) is 7.53. The summed E-state index contributed by atoms with van der Waals surface area (Å²) in [6, 6.07) is 0. The lowest BCUT2D eigenvalue weighted by Gasteiger charge is -2.15. The minimum Gasteiger partial charge on any atom is -0.372 e. The van der Waals surface area contributed by atoms with Crippen LogP contribution in [0.2, 0.25) is 0 Å². The van der Waals surface area contributed by atoms with E-state index in [1.165, 1.54) is 11.5 Å². The molecule has 0 atom stereocenters. The molecule has 0 unspecified atom stereocenters. The molecule has 0 N–H and O–H groups in total. The molecule has 0 amide bonds. The highest BCUT2D eigenvalue weighted by Gasteiger charge is 2.26. The average molecular weight is 220 g/mol. The van der Waals surface area contributed by atoms with Crippen molar-refractivity contribution < 1.29 is 17.0 Å². The number of aryl methyl sites for hydroxylation is 1. The van der Waals surface area contributed by atoms with Crippen LogP contribution >= 0.6 is 0 Å². The minimum absolute atomic E-state index is 0.188. The first kappa shape index (κ1) is 9.60. The van der Waals surface area contributed by atoms with Crippen LogP contribution in [-0.4, -0.2) is 24.6 Å². The molecule has 0 aromatic carbocycles. The highest BCUT2D eigenvalue weighted by atomic mass is 32.3. The molecule has 1 aliphatic heterocycles. The van der Waals surface area contributed by atoms with Crippen LogP contribution in [0.3, 0.4) is 0 Å². The molecule has 1 aliphatic rings. The van der Waals surface area contributed by atoms with E-state index in [9.17, 15) is 12.3 Å². The van der Waals surface area contributed by atoms with E-state index in [1.807, 2.05) is 0 Å².